The average molecular weight is 1140 g/mol. The van der Waals surface area contributed by atoms with Crippen molar-refractivity contribution in [2.75, 3.05) is 158 Å². The second-order valence-electron chi connectivity index (χ2n) is 24.1. The Labute approximate surface area is 476 Å². The van der Waals surface area contributed by atoms with Crippen LogP contribution in [0.25, 0.3) is 0 Å². The number of rotatable bonds is 8. The van der Waals surface area contributed by atoms with Crippen LogP contribution >= 0.6 is 0 Å². The molecule has 0 radical (unpaired) electrons. The predicted molar refractivity (Wildman–Crippen MR) is 294 cm³/mol. The minimum atomic E-state index is 0. The summed E-state index contributed by atoms with van der Waals surface area (Å²) < 4.78 is 20.5. The quantitative estimate of drug-likeness (QED) is 0.110. The van der Waals surface area contributed by atoms with Crippen LogP contribution in [0.1, 0.15) is 96.3 Å². The normalized spacial score (nSPS) is 40.4. The molecule has 16 atom stereocenters. The molecule has 20 nitrogen and oxygen atoms in total. The summed E-state index contributed by atoms with van der Waals surface area (Å²) in [7, 11) is 0. The van der Waals surface area contributed by atoms with Crippen molar-refractivity contribution < 1.29 is 58.9 Å². The molecule has 0 aromatic rings. The summed E-state index contributed by atoms with van der Waals surface area (Å²) in [5.74, 6) is 5.74. The first-order valence-corrected chi connectivity index (χ1v) is 31.1. The third kappa shape index (κ3) is 17.9. The van der Waals surface area contributed by atoms with E-state index in [-0.39, 0.29) is 45.9 Å². The number of hydrogen-bond donors (Lipinski definition) is 12. The van der Waals surface area contributed by atoms with Crippen LogP contribution in [0.3, 0.4) is 0 Å². The van der Waals surface area contributed by atoms with E-state index in [1.165, 1.54) is 96.3 Å². The van der Waals surface area contributed by atoms with Gasteiger partial charge in [-0.25, -0.2) is 0 Å². The average Bonchev–Trinajstić information content (AvgIpc) is 4.21. The summed E-state index contributed by atoms with van der Waals surface area (Å²) in [6.07, 6.45) is 26.4. The van der Waals surface area contributed by atoms with Crippen LogP contribution in [-0.2, 0) is 38.4 Å². The zero-order valence-corrected chi connectivity index (χ0v) is 50.3. The Bertz CT molecular complexity index is 1290. The Balaban J connectivity index is 0.000000170. The Morgan fingerprint density at radius 1 is 0.312 bits per heavy atom. The van der Waals surface area contributed by atoms with Crippen molar-refractivity contribution in [2.45, 2.75) is 146 Å². The first kappa shape index (κ1) is 62.9. The van der Waals surface area contributed by atoms with Gasteiger partial charge in [0.1, 0.15) is 0 Å². The summed E-state index contributed by atoms with van der Waals surface area (Å²) in [5.41, 5.74) is 0. The van der Waals surface area contributed by atoms with Gasteiger partial charge in [0.25, 0.3) is 0 Å². The number of nitrogens with one attached hydrogen (secondary N) is 8. The van der Waals surface area contributed by atoms with Gasteiger partial charge in [-0.05, 0) is 80.0 Å². The van der Waals surface area contributed by atoms with Gasteiger partial charge >= 0.3 is 0 Å². The molecule has 13 fully saturated rings. The van der Waals surface area contributed by atoms with E-state index in [2.05, 4.69) is 68.6 Å². The number of β-amino-alcohol motifs (C(OH)–C–C–N with tert-alkyl or cyclic N) is 4. The third-order valence-electron chi connectivity index (χ3n) is 19.6. The van der Waals surface area contributed by atoms with Gasteiger partial charge < -0.3 is 45.8 Å². The fourth-order valence-corrected chi connectivity index (χ4v) is 15.6. The van der Waals surface area contributed by atoms with Gasteiger partial charge in [0.15, 0.2) is 0 Å². The van der Waals surface area contributed by atoms with Gasteiger partial charge in [-0.15, -0.1) is 5.92 Å². The van der Waals surface area contributed by atoms with Gasteiger partial charge in [-0.2, -0.15) is 6.42 Å². The SMILES string of the molecule is OCCN1CCOCC1.OCCN1CCOCC1.OCCN1CCOCC1.OCCN1CCOCC1.[CH-]1CCCC2C3NC(NC4NC(NC5NC(NC6NC(N3)C3CCCCC63)C3CCCCC53)C3CCCCC43)C12.[Zn]. The molecule has 4 saturated carbocycles. The predicted octanol–water partition coefficient (Wildman–Crippen LogP) is -0.339. The maximum atomic E-state index is 8.54. The number of aliphatic hydroxyl groups excluding tert-OH is 4. The van der Waals surface area contributed by atoms with Crippen LogP contribution in [0.2, 0.25) is 0 Å². The smallest absolute Gasteiger partial charge is 0.0628 e. The second-order valence-corrected chi connectivity index (χ2v) is 24.1. The number of hydrogen-bond acceptors (Lipinski definition) is 20. The molecule has 77 heavy (non-hydrogen) atoms. The van der Waals surface area contributed by atoms with Gasteiger partial charge in [-0.1, -0.05) is 51.4 Å². The minimum absolute atomic E-state index is 0. The second kappa shape index (κ2) is 33.9. The van der Waals surface area contributed by atoms with Gasteiger partial charge in [0.2, 0.25) is 0 Å². The van der Waals surface area contributed by atoms with Crippen molar-refractivity contribution >= 4 is 0 Å². The Morgan fingerprint density at radius 3 is 0.779 bits per heavy atom. The van der Waals surface area contributed by atoms with E-state index in [9.17, 15) is 0 Å². The number of ether oxygens (including phenoxy) is 4. The summed E-state index contributed by atoms with van der Waals surface area (Å²) >= 11 is 0. The Kier molecular flexibility index (Phi) is 27.7. The van der Waals surface area contributed by atoms with Gasteiger partial charge in [0, 0.05) is 104 Å². The number of aliphatic hydroxyl groups is 4. The summed E-state index contributed by atoms with van der Waals surface area (Å²) in [6.45, 7) is 18.6. The zero-order chi connectivity index (χ0) is 52.3. The summed E-state index contributed by atoms with van der Waals surface area (Å²) in [5, 5.41) is 67.8. The molecular weight excluding hydrogens is 1030 g/mol. The van der Waals surface area contributed by atoms with E-state index < -0.39 is 0 Å². The molecule has 13 aliphatic rings. The van der Waals surface area contributed by atoms with E-state index in [0.29, 0.717) is 61.2 Å². The fourth-order valence-electron chi connectivity index (χ4n) is 15.6. The number of nitrogens with zero attached hydrogens (tertiary/aromatic N) is 4. The first-order chi connectivity index (χ1) is 37.5. The van der Waals surface area contributed by atoms with E-state index in [1.807, 2.05) is 0 Å². The van der Waals surface area contributed by atoms with Crippen molar-refractivity contribution in [3.63, 3.8) is 0 Å². The van der Waals surface area contributed by atoms with Crippen molar-refractivity contribution in [2.24, 2.45) is 47.3 Å². The van der Waals surface area contributed by atoms with Crippen LogP contribution in [0.15, 0.2) is 0 Å². The first-order valence-electron chi connectivity index (χ1n) is 31.1. The van der Waals surface area contributed by atoms with E-state index in [1.54, 1.807) is 0 Å². The standard InChI is InChI=1S/C32H55N8.4C6H13NO2.Zn/c1-2-10-18-17(9-1)25-33-26(18)38-28-21-13-5-6-14-22(21)30(35-28)40-32-24-16-8-7-15-23(24)31(36-32)39-29-20-12-4-3-11-19(20)27(34-29)37-25;4*8-4-1-7-2-5-9-6-3-7;/h9,17-40H,1-8,10-16H2;4*8H,1-6H2;/q-1;;;;;. The van der Waals surface area contributed by atoms with Crippen molar-refractivity contribution in [3.8, 4) is 0 Å². The number of fused-ring (bicyclic) bond motifs is 20. The molecule has 0 aromatic heterocycles. The maximum absolute atomic E-state index is 8.54. The molecule has 13 rings (SSSR count). The monoisotopic (exact) mass is 1140 g/mol. The molecule has 0 aromatic carbocycles. The molecule has 0 spiro atoms. The molecule has 0 amide bonds. The van der Waals surface area contributed by atoms with Crippen LogP contribution in [0, 0.1) is 53.8 Å². The largest absolute Gasteiger partial charge is 0.395 e. The number of morpholine rings is 4. The van der Waals surface area contributed by atoms with Crippen LogP contribution in [0.5, 0.6) is 0 Å². The van der Waals surface area contributed by atoms with Crippen molar-refractivity contribution in [1.82, 2.24) is 62.1 Å². The molecule has 16 unspecified atom stereocenters. The van der Waals surface area contributed by atoms with E-state index in [0.717, 1.165) is 167 Å². The summed E-state index contributed by atoms with van der Waals surface area (Å²) in [6, 6.07) is 0. The molecular formula is C56H107N12O8Zn-. The fraction of sp³-hybridized carbons (Fsp3) is 0.982. The Hall–Kier alpha value is -0.177. The van der Waals surface area contributed by atoms with Crippen molar-refractivity contribution in [3.05, 3.63) is 6.42 Å². The Morgan fingerprint density at radius 2 is 0.532 bits per heavy atom. The maximum Gasteiger partial charge on any atom is 0.0628 e. The molecule has 9 saturated heterocycles. The molecule has 12 N–H and O–H groups in total. The zero-order valence-electron chi connectivity index (χ0n) is 47.3. The topological polar surface area (TPSA) is 227 Å². The third-order valence-corrected chi connectivity index (χ3v) is 19.6. The molecule has 4 aliphatic carbocycles. The summed E-state index contributed by atoms with van der Waals surface area (Å²) in [4.78, 5) is 8.79. The molecule has 9 aliphatic heterocycles. The molecule has 8 bridgehead atoms. The van der Waals surface area contributed by atoms with Crippen molar-refractivity contribution in [1.29, 1.82) is 0 Å². The minimum Gasteiger partial charge on any atom is -0.395 e. The van der Waals surface area contributed by atoms with E-state index >= 15 is 0 Å². The van der Waals surface area contributed by atoms with Gasteiger partial charge in [-0.3, -0.25) is 62.1 Å². The molecule has 21 heteroatoms. The molecule has 9 heterocycles. The van der Waals surface area contributed by atoms with Gasteiger partial charge in [0.05, 0.1) is 122 Å². The van der Waals surface area contributed by atoms with Crippen LogP contribution < -0.4 is 42.5 Å². The van der Waals surface area contributed by atoms with Crippen LogP contribution in [0.4, 0.5) is 0 Å². The van der Waals surface area contributed by atoms with E-state index in [4.69, 9.17) is 39.4 Å². The van der Waals surface area contributed by atoms with Crippen LogP contribution in [-0.4, -0.2) is 247 Å². The molecule has 442 valence electrons.